The van der Waals surface area contributed by atoms with Gasteiger partial charge in [0.1, 0.15) is 36.3 Å². The lowest BCUT2D eigenvalue weighted by atomic mass is 10.0. The number of nitrogens with two attached hydrogens (primary N) is 3. The van der Waals surface area contributed by atoms with Crippen molar-refractivity contribution in [2.24, 2.45) is 22.2 Å². The second kappa shape index (κ2) is 52.1. The number of thiol groups is 2. The largest absolute Gasteiger partial charge is 0.480 e. The van der Waals surface area contributed by atoms with Crippen molar-refractivity contribution in [2.45, 2.75) is 136 Å². The average molecular weight is 1740 g/mol. The standard InChI is InChI=1S/C68H103N21O25S4/c1-36(90)79-42(33-116)64(110)82-40(23-48(69)91)60(106)78-27-52(95)80-39(10-7-15-75-67(70)71)63(109)83-41(32-115)61(107)77-25-50(93)76-26-51(94)81-44(62(108)74-17-16-72-49(92)13-3-2-12-46-58-43(34-117-46)84-68(114)85-58)35-118-47-24-53(96)89(65(47)111)38-9-6-8-37(22-38)59(105)73-14-5-4-11-45(66(112)113)88(31-57(103)104)21-20-86(28-54(97)98)18-19-87(29-55(99)100)30-56(101)102/h6,8-9,22,39-47,58,115-116H,2-5,7,10-21,23-35H2,1H3,(H2,69,91)(H,72,92)(H,73,105)(H,74,108)(H,76,93)(H,77,107)(H,78,106)(H,79,90)(H,80,95)(H,81,94)(H,82,110)(H,83,109)(H,97,98)(H,99,100)(H,101,102)(H,103,104)(H,112,113)(H4,70,71,75)(H2,84,85,114)/t39-,40-,41-,42-,43?,44-,45?,46?,47?,58?/m0/s1. The van der Waals surface area contributed by atoms with Crippen molar-refractivity contribution < 1.29 is 121 Å². The smallest absolute Gasteiger partial charge is 0.320 e. The summed E-state index contributed by atoms with van der Waals surface area (Å²) in [6.07, 6.45) is 1.03. The molecule has 0 spiro atoms. The van der Waals surface area contributed by atoms with Gasteiger partial charge in [0.25, 0.3) is 5.91 Å². The Bertz CT molecular complexity index is 3790. The van der Waals surface area contributed by atoms with E-state index in [0.717, 1.165) is 45.6 Å². The van der Waals surface area contributed by atoms with Gasteiger partial charge in [-0.2, -0.15) is 37.0 Å². The van der Waals surface area contributed by atoms with Crippen LogP contribution in [0.3, 0.4) is 0 Å². The van der Waals surface area contributed by atoms with E-state index in [-0.39, 0.29) is 155 Å². The Morgan fingerprint density at radius 2 is 1.17 bits per heavy atom. The third-order valence-corrected chi connectivity index (χ3v) is 21.3. The molecule has 10 atom stereocenters. The number of carboxylic acid groups (broad SMARTS) is 5. The normalized spacial score (nSPS) is 16.8. The average Bonchev–Trinajstić information content (AvgIpc) is 1.65. The van der Waals surface area contributed by atoms with Crippen molar-refractivity contribution in [1.29, 1.82) is 0 Å². The van der Waals surface area contributed by atoms with Gasteiger partial charge in [0.2, 0.25) is 76.8 Å². The molecule has 118 heavy (non-hydrogen) atoms. The predicted molar refractivity (Wildman–Crippen MR) is 428 cm³/mol. The van der Waals surface area contributed by atoms with Crippen LogP contribution < -0.4 is 91.2 Å². The quantitative estimate of drug-likeness (QED) is 0.00719. The number of aliphatic imine (C=N–C) groups is 1. The Labute approximate surface area is 695 Å². The van der Waals surface area contributed by atoms with E-state index < -0.39 is 207 Å². The van der Waals surface area contributed by atoms with Crippen molar-refractivity contribution in [1.82, 2.24) is 83.8 Å². The number of hydrogen-bond acceptors (Lipinski definition) is 28. The maximum atomic E-state index is 14.1. The van der Waals surface area contributed by atoms with E-state index in [0.29, 0.717) is 12.8 Å². The molecule has 0 radical (unpaired) electrons. The molecule has 24 N–H and O–H groups in total. The molecule has 3 fully saturated rings. The maximum Gasteiger partial charge on any atom is 0.320 e. The number of carbonyl (C=O) groups excluding carboxylic acids is 15. The second-order valence-electron chi connectivity index (χ2n) is 27.1. The molecule has 3 aliphatic heterocycles. The molecule has 0 aliphatic carbocycles. The first-order valence-electron chi connectivity index (χ1n) is 37.1. The number of hydrogen-bond donors (Lipinski definition) is 23. The number of unbranched alkanes of at least 4 members (excludes halogenated alkanes) is 2. The first-order chi connectivity index (χ1) is 55.9. The number of imide groups is 1. The van der Waals surface area contributed by atoms with Crippen LogP contribution in [0.25, 0.3) is 0 Å². The minimum absolute atomic E-state index is 0.00146. The lowest BCUT2D eigenvalue weighted by Gasteiger charge is -2.31. The number of aliphatic carboxylic acids is 5. The third kappa shape index (κ3) is 37.2. The molecule has 1 aromatic rings. The number of nitrogens with zero attached hydrogens (tertiary/aromatic N) is 5. The number of amides is 16. The van der Waals surface area contributed by atoms with Crippen LogP contribution in [0.15, 0.2) is 29.3 Å². The highest BCUT2D eigenvalue weighted by Gasteiger charge is 2.44. The summed E-state index contributed by atoms with van der Waals surface area (Å²) in [5.74, 6) is -19.1. The molecule has 3 heterocycles. The fourth-order valence-electron chi connectivity index (χ4n) is 12.1. The van der Waals surface area contributed by atoms with Gasteiger partial charge in [0.05, 0.1) is 75.3 Å². The highest BCUT2D eigenvalue weighted by molar-refractivity contribution is 8.00. The number of thioether (sulfide) groups is 2. The Balaban J connectivity index is 1.38. The zero-order chi connectivity index (χ0) is 87.7. The summed E-state index contributed by atoms with van der Waals surface area (Å²) in [6, 6.07) is -3.44. The minimum Gasteiger partial charge on any atom is -0.480 e. The zero-order valence-corrected chi connectivity index (χ0v) is 67.8. The Hall–Kier alpha value is -10.8. The van der Waals surface area contributed by atoms with E-state index in [1.54, 1.807) is 11.8 Å². The lowest BCUT2D eigenvalue weighted by molar-refractivity contribution is -0.147. The first-order valence-corrected chi connectivity index (χ1v) is 40.5. The molecule has 3 aliphatic rings. The molecular weight excluding hydrogens is 1640 g/mol. The van der Waals surface area contributed by atoms with Crippen LogP contribution in [-0.4, -0.2) is 345 Å². The van der Waals surface area contributed by atoms with Crippen molar-refractivity contribution >= 4 is 179 Å². The van der Waals surface area contributed by atoms with E-state index >= 15 is 0 Å². The van der Waals surface area contributed by atoms with Gasteiger partial charge >= 0.3 is 35.9 Å². The SMILES string of the molecule is CC(=O)N[C@@H](CS)C(=O)N[C@@H](CC(N)=O)C(=O)NCC(=O)N[C@@H](CCCN=C(N)N)C(=O)N[C@@H](CS)C(=O)NCC(=O)NCC(=O)N[C@@H](CSC1CC(=O)N(c2cccc(C(=O)NCCCCC(C(=O)O)N(CCN(CCN(CC(=O)O)CC(=O)O)CC(=O)O)CC(=O)O)c2)C1=O)C(=O)NCCNC(=O)CCCCC1SCC2NC(=O)NC21. The van der Waals surface area contributed by atoms with Crippen LogP contribution in [0.2, 0.25) is 0 Å². The number of carbonyl (C=O) groups is 20. The van der Waals surface area contributed by atoms with Crippen molar-refractivity contribution in [3.05, 3.63) is 29.8 Å². The summed E-state index contributed by atoms with van der Waals surface area (Å²) in [5, 5.41) is 79.3. The number of carboxylic acids is 5. The molecule has 5 unspecified atom stereocenters. The number of guanidine groups is 1. The fraction of sp³-hybridized carbons (Fsp3) is 0.603. The summed E-state index contributed by atoms with van der Waals surface area (Å²) < 4.78 is 0. The van der Waals surface area contributed by atoms with Crippen LogP contribution in [0.5, 0.6) is 0 Å². The predicted octanol–water partition coefficient (Wildman–Crippen LogP) is -8.81. The Morgan fingerprint density at radius 1 is 0.593 bits per heavy atom. The zero-order valence-electron chi connectivity index (χ0n) is 64.4. The fourth-order valence-corrected chi connectivity index (χ4v) is 15.3. The van der Waals surface area contributed by atoms with E-state index in [9.17, 15) is 121 Å². The number of benzene rings is 1. The minimum atomic E-state index is -1.62. The summed E-state index contributed by atoms with van der Waals surface area (Å²) in [7, 11) is 0. The number of nitrogens with one attached hydrogen (secondary N) is 13. The van der Waals surface area contributed by atoms with Crippen molar-refractivity contribution in [3.63, 3.8) is 0 Å². The molecule has 3 saturated heterocycles. The number of anilines is 1. The molecular formula is C68H103N21O25S4. The van der Waals surface area contributed by atoms with Gasteiger partial charge < -0.3 is 112 Å². The van der Waals surface area contributed by atoms with Gasteiger partial charge in [-0.1, -0.05) is 12.5 Å². The lowest BCUT2D eigenvalue weighted by Crippen LogP contribution is -2.57. The maximum absolute atomic E-state index is 14.1. The Morgan fingerprint density at radius 3 is 1.80 bits per heavy atom. The monoisotopic (exact) mass is 1740 g/mol. The molecule has 0 bridgehead atoms. The molecule has 16 amide bonds. The third-order valence-electron chi connectivity index (χ3n) is 17.8. The van der Waals surface area contributed by atoms with E-state index in [4.69, 9.17) is 17.2 Å². The molecule has 1 aromatic carbocycles. The number of primary amides is 1. The molecule has 50 heteroatoms. The topological polar surface area (TPSA) is 702 Å². The van der Waals surface area contributed by atoms with E-state index in [2.05, 4.69) is 99.4 Å². The van der Waals surface area contributed by atoms with Gasteiger partial charge in [0, 0.05) is 106 Å². The molecule has 0 saturated carbocycles. The van der Waals surface area contributed by atoms with E-state index in [1.165, 1.54) is 29.2 Å². The number of urea groups is 1. The highest BCUT2D eigenvalue weighted by atomic mass is 32.2. The first kappa shape index (κ1) is 99.5. The van der Waals surface area contributed by atoms with Gasteiger partial charge in [-0.05, 0) is 63.1 Å². The van der Waals surface area contributed by atoms with Crippen LogP contribution in [0.4, 0.5) is 10.5 Å². The van der Waals surface area contributed by atoms with Gasteiger partial charge in [0.15, 0.2) is 5.96 Å². The summed E-state index contributed by atoms with van der Waals surface area (Å²) >= 11 is 10.7. The van der Waals surface area contributed by atoms with Crippen molar-refractivity contribution in [3.8, 4) is 0 Å². The highest BCUT2D eigenvalue weighted by Crippen LogP contribution is 2.34. The summed E-state index contributed by atoms with van der Waals surface area (Å²) in [6.45, 7) is -5.28. The molecule has 0 aromatic heterocycles. The Kier molecular flexibility index (Phi) is 43.9. The second-order valence-corrected chi connectivity index (χ2v) is 30.3. The van der Waals surface area contributed by atoms with Crippen LogP contribution in [0, 0.1) is 0 Å². The molecule has 654 valence electrons. The molecule has 4 rings (SSSR count). The van der Waals surface area contributed by atoms with Crippen molar-refractivity contribution in [2.75, 3.05) is 126 Å². The molecule has 46 nitrogen and oxygen atoms in total. The van der Waals surface area contributed by atoms with Crippen LogP contribution in [0.1, 0.15) is 87.9 Å². The number of rotatable bonds is 58. The van der Waals surface area contributed by atoms with E-state index in [1.807, 2.05) is 0 Å². The van der Waals surface area contributed by atoms with Gasteiger partial charge in [-0.3, -0.25) is 111 Å². The number of fused-ring (bicyclic) bond motifs is 1. The van der Waals surface area contributed by atoms with Crippen LogP contribution in [-0.2, 0) is 86.3 Å². The van der Waals surface area contributed by atoms with Gasteiger partial charge in [-0.15, -0.1) is 11.8 Å². The summed E-state index contributed by atoms with van der Waals surface area (Å²) in [4.78, 5) is 263. The summed E-state index contributed by atoms with van der Waals surface area (Å²) in [5.41, 5.74) is 16.1. The van der Waals surface area contributed by atoms with Gasteiger partial charge in [-0.25, -0.2) is 9.69 Å². The van der Waals surface area contributed by atoms with Crippen LogP contribution >= 0.6 is 48.8 Å².